The highest BCUT2D eigenvalue weighted by atomic mass is 32.2. The molecule has 0 saturated carbocycles. The second-order valence-corrected chi connectivity index (χ2v) is 8.83. The third-order valence-electron chi connectivity index (χ3n) is 5.28. The first kappa shape index (κ1) is 20.6. The Bertz CT molecular complexity index is 820. The molecule has 2 saturated heterocycles. The van der Waals surface area contributed by atoms with E-state index in [2.05, 4.69) is 5.32 Å². The summed E-state index contributed by atoms with van der Waals surface area (Å²) in [6.45, 7) is 2.58. The number of carbonyl (C=O) groups is 2. The average Bonchev–Trinajstić information content (AvgIpc) is 2.73. The van der Waals surface area contributed by atoms with Gasteiger partial charge in [-0.05, 0) is 37.1 Å². The molecule has 0 aliphatic carbocycles. The molecule has 1 aromatic carbocycles. The molecule has 2 atom stereocenters. The third kappa shape index (κ3) is 4.13. The lowest BCUT2D eigenvalue weighted by atomic mass is 9.91. The van der Waals surface area contributed by atoms with Gasteiger partial charge in [-0.2, -0.15) is 4.31 Å². The number of sulfonamides is 1. The largest absolute Gasteiger partial charge is 0.497 e. The number of hydrogen-bond acceptors (Lipinski definition) is 6. The van der Waals surface area contributed by atoms with E-state index in [1.165, 1.54) is 31.4 Å². The summed E-state index contributed by atoms with van der Waals surface area (Å²) in [6, 6.07) is 4.56. The lowest BCUT2D eigenvalue weighted by Gasteiger charge is -2.38. The van der Waals surface area contributed by atoms with Crippen LogP contribution in [0, 0.1) is 5.92 Å². The van der Waals surface area contributed by atoms with Crippen LogP contribution in [0.5, 0.6) is 5.75 Å². The van der Waals surface area contributed by atoms with Crippen molar-refractivity contribution in [2.75, 3.05) is 39.8 Å². The van der Waals surface area contributed by atoms with Crippen molar-refractivity contribution in [2.24, 2.45) is 5.92 Å². The maximum atomic E-state index is 13.0. The zero-order valence-corrected chi connectivity index (χ0v) is 16.5. The number of rotatable bonds is 5. The monoisotopic (exact) mass is 411 g/mol. The zero-order chi connectivity index (χ0) is 20.3. The van der Waals surface area contributed by atoms with Crippen LogP contribution in [0.1, 0.15) is 12.8 Å². The molecule has 2 N–H and O–H groups in total. The van der Waals surface area contributed by atoms with E-state index in [1.807, 2.05) is 0 Å². The Morgan fingerprint density at radius 2 is 1.79 bits per heavy atom. The van der Waals surface area contributed by atoms with E-state index in [9.17, 15) is 23.1 Å². The van der Waals surface area contributed by atoms with Crippen molar-refractivity contribution >= 4 is 21.9 Å². The summed E-state index contributed by atoms with van der Waals surface area (Å²) >= 11 is 0. The Kier molecular flexibility index (Phi) is 6.21. The summed E-state index contributed by atoms with van der Waals surface area (Å²) in [6.07, 6.45) is 0.287. The first-order valence-corrected chi connectivity index (χ1v) is 10.7. The van der Waals surface area contributed by atoms with Crippen molar-refractivity contribution in [1.82, 2.24) is 14.5 Å². The second kappa shape index (κ2) is 8.46. The minimum absolute atomic E-state index is 0.00596. The van der Waals surface area contributed by atoms with Crippen molar-refractivity contribution in [2.45, 2.75) is 23.8 Å². The van der Waals surface area contributed by atoms with Crippen LogP contribution in [0.25, 0.3) is 0 Å². The third-order valence-corrected chi connectivity index (χ3v) is 7.20. The fraction of sp³-hybridized carbons (Fsp3) is 0.556. The van der Waals surface area contributed by atoms with Crippen molar-refractivity contribution in [3.05, 3.63) is 24.3 Å². The smallest absolute Gasteiger partial charge is 0.322 e. The molecule has 1 amide bonds. The number of nitrogens with one attached hydrogen (secondary N) is 1. The number of piperidine rings is 1. The van der Waals surface area contributed by atoms with Gasteiger partial charge in [-0.15, -0.1) is 0 Å². The molecule has 2 heterocycles. The summed E-state index contributed by atoms with van der Waals surface area (Å²) in [5.74, 6) is -1.31. The number of benzene rings is 1. The molecule has 2 fully saturated rings. The second-order valence-electron chi connectivity index (χ2n) is 6.94. The van der Waals surface area contributed by atoms with Crippen LogP contribution in [0.15, 0.2) is 29.2 Å². The number of nitrogens with zero attached hydrogens (tertiary/aromatic N) is 2. The standard InChI is InChI=1S/C18H25N3O6S/c1-27-14-2-4-15(5-3-14)28(25,26)21-9-6-13(12-16(21)18(23)24)17(22)20-10-7-19-8-11-20/h2-5,13,16,19H,6-12H2,1H3,(H,23,24)/t13-,16-/m1/s1. The van der Waals surface area contributed by atoms with Crippen LogP contribution in [-0.4, -0.2) is 80.5 Å². The van der Waals surface area contributed by atoms with Gasteiger partial charge >= 0.3 is 5.97 Å². The number of carbonyl (C=O) groups excluding carboxylic acids is 1. The lowest BCUT2D eigenvalue weighted by Crippen LogP contribution is -2.54. The molecule has 0 unspecified atom stereocenters. The Labute approximate surface area is 164 Å². The van der Waals surface area contributed by atoms with Gasteiger partial charge in [0.25, 0.3) is 0 Å². The molecule has 0 aromatic heterocycles. The number of ether oxygens (including phenoxy) is 1. The molecule has 2 aliphatic heterocycles. The van der Waals surface area contributed by atoms with Gasteiger partial charge in [0.2, 0.25) is 15.9 Å². The minimum Gasteiger partial charge on any atom is -0.497 e. The first-order valence-electron chi connectivity index (χ1n) is 9.23. The van der Waals surface area contributed by atoms with Crippen molar-refractivity contribution in [3.63, 3.8) is 0 Å². The SMILES string of the molecule is COc1ccc(S(=O)(=O)N2CC[C@@H](C(=O)N3CCNCC3)C[C@@H]2C(=O)O)cc1. The van der Waals surface area contributed by atoms with Crippen LogP contribution in [0.2, 0.25) is 0 Å². The molecule has 3 rings (SSSR count). The highest BCUT2D eigenvalue weighted by Crippen LogP contribution is 2.30. The van der Waals surface area contributed by atoms with Gasteiger partial charge in [-0.1, -0.05) is 0 Å². The molecule has 154 valence electrons. The summed E-state index contributed by atoms with van der Waals surface area (Å²) in [4.78, 5) is 26.3. The number of carboxylic acids is 1. The molecule has 10 heteroatoms. The van der Waals surface area contributed by atoms with Crippen molar-refractivity contribution < 1.29 is 27.9 Å². The number of aliphatic carboxylic acids is 1. The Morgan fingerprint density at radius 1 is 1.14 bits per heavy atom. The van der Waals surface area contributed by atoms with Gasteiger partial charge in [0.15, 0.2) is 0 Å². The van der Waals surface area contributed by atoms with Gasteiger partial charge in [0.05, 0.1) is 12.0 Å². The van der Waals surface area contributed by atoms with Crippen LogP contribution in [0.4, 0.5) is 0 Å². The Morgan fingerprint density at radius 3 is 2.36 bits per heavy atom. The van der Waals surface area contributed by atoms with E-state index < -0.39 is 28.0 Å². The molecule has 0 radical (unpaired) electrons. The maximum absolute atomic E-state index is 13.0. The van der Waals surface area contributed by atoms with Crippen LogP contribution < -0.4 is 10.1 Å². The van der Waals surface area contributed by atoms with Crippen LogP contribution in [0.3, 0.4) is 0 Å². The normalized spacial score (nSPS) is 24.0. The highest BCUT2D eigenvalue weighted by Gasteiger charge is 2.43. The van der Waals surface area contributed by atoms with E-state index in [-0.39, 0.29) is 23.8 Å². The lowest BCUT2D eigenvalue weighted by molar-refractivity contribution is -0.145. The number of piperazine rings is 1. The van der Waals surface area contributed by atoms with Crippen LogP contribution >= 0.6 is 0 Å². The van der Waals surface area contributed by atoms with E-state index >= 15 is 0 Å². The fourth-order valence-electron chi connectivity index (χ4n) is 3.71. The molecule has 28 heavy (non-hydrogen) atoms. The van der Waals surface area contributed by atoms with E-state index in [0.29, 0.717) is 38.3 Å². The predicted molar refractivity (Wildman–Crippen MR) is 100 cm³/mol. The molecular weight excluding hydrogens is 386 g/mol. The quantitative estimate of drug-likeness (QED) is 0.699. The van der Waals surface area contributed by atoms with Crippen molar-refractivity contribution in [1.29, 1.82) is 0 Å². The van der Waals surface area contributed by atoms with Gasteiger partial charge in [0.1, 0.15) is 11.8 Å². The molecule has 9 nitrogen and oxygen atoms in total. The molecule has 0 spiro atoms. The summed E-state index contributed by atoms with van der Waals surface area (Å²) in [7, 11) is -2.52. The minimum atomic E-state index is -3.99. The summed E-state index contributed by atoms with van der Waals surface area (Å²) in [5, 5.41) is 12.8. The van der Waals surface area contributed by atoms with Gasteiger partial charge in [-0.3, -0.25) is 9.59 Å². The Hall–Kier alpha value is -2.17. The first-order chi connectivity index (χ1) is 13.3. The maximum Gasteiger partial charge on any atom is 0.322 e. The molecular formula is C18H25N3O6S. The fourth-order valence-corrected chi connectivity index (χ4v) is 5.31. The summed E-state index contributed by atoms with van der Waals surface area (Å²) < 4.78 is 32.0. The van der Waals surface area contributed by atoms with E-state index in [0.717, 1.165) is 4.31 Å². The Balaban J connectivity index is 1.78. The number of carboxylic acid groups (broad SMARTS) is 1. The van der Waals surface area contributed by atoms with Gasteiger partial charge in [-0.25, -0.2) is 8.42 Å². The number of amides is 1. The molecule has 2 aliphatic rings. The van der Waals surface area contributed by atoms with E-state index in [1.54, 1.807) is 4.90 Å². The summed E-state index contributed by atoms with van der Waals surface area (Å²) in [5.41, 5.74) is 0. The highest BCUT2D eigenvalue weighted by molar-refractivity contribution is 7.89. The predicted octanol–water partition coefficient (Wildman–Crippen LogP) is -0.0191. The number of hydrogen-bond donors (Lipinski definition) is 2. The van der Waals surface area contributed by atoms with Crippen LogP contribution in [-0.2, 0) is 19.6 Å². The average molecular weight is 411 g/mol. The van der Waals surface area contributed by atoms with Gasteiger partial charge in [0, 0.05) is 38.6 Å². The molecule has 0 bridgehead atoms. The topological polar surface area (TPSA) is 116 Å². The van der Waals surface area contributed by atoms with E-state index in [4.69, 9.17) is 4.74 Å². The molecule has 1 aromatic rings. The van der Waals surface area contributed by atoms with Crippen molar-refractivity contribution in [3.8, 4) is 5.75 Å². The van der Waals surface area contributed by atoms with Gasteiger partial charge < -0.3 is 20.1 Å². The zero-order valence-electron chi connectivity index (χ0n) is 15.7. The number of methoxy groups -OCH3 is 1.